The fourth-order valence-electron chi connectivity index (χ4n) is 1.97. The quantitative estimate of drug-likeness (QED) is 0.938. The van der Waals surface area contributed by atoms with Gasteiger partial charge in [-0.1, -0.05) is 11.6 Å². The van der Waals surface area contributed by atoms with E-state index >= 15 is 0 Å². The van der Waals surface area contributed by atoms with Gasteiger partial charge in [-0.15, -0.1) is 0 Å². The Morgan fingerprint density at radius 2 is 1.95 bits per heavy atom. The highest BCUT2D eigenvalue weighted by molar-refractivity contribution is 6.30. The van der Waals surface area contributed by atoms with Crippen LogP contribution in [-0.2, 0) is 18.3 Å². The van der Waals surface area contributed by atoms with E-state index in [1.54, 1.807) is 28.9 Å². The smallest absolute Gasteiger partial charge is 0.228 e. The highest BCUT2D eigenvalue weighted by Gasteiger charge is 2.13. The van der Waals surface area contributed by atoms with Gasteiger partial charge in [0.15, 0.2) is 0 Å². The van der Waals surface area contributed by atoms with Crippen molar-refractivity contribution in [1.29, 1.82) is 0 Å². The van der Waals surface area contributed by atoms with Gasteiger partial charge in [0, 0.05) is 29.0 Å². The number of nitrogens with one attached hydrogen (secondary N) is 1. The summed E-state index contributed by atoms with van der Waals surface area (Å²) in [6.45, 7) is 3.88. The third-order valence-electron chi connectivity index (χ3n) is 3.12. The van der Waals surface area contributed by atoms with Crippen molar-refractivity contribution in [1.82, 2.24) is 9.78 Å². The summed E-state index contributed by atoms with van der Waals surface area (Å²) in [6, 6.07) is 7.06. The molecule has 1 N–H and O–H groups in total. The maximum Gasteiger partial charge on any atom is 0.228 e. The molecule has 0 saturated heterocycles. The highest BCUT2D eigenvalue weighted by atomic mass is 35.5. The van der Waals surface area contributed by atoms with Crippen molar-refractivity contribution < 1.29 is 4.79 Å². The number of carbonyl (C=O) groups excluding carboxylic acids is 1. The van der Waals surface area contributed by atoms with Crippen LogP contribution >= 0.6 is 11.6 Å². The fraction of sp³-hybridized carbons (Fsp3) is 0.286. The molecule has 2 aromatic rings. The second-order valence-electron chi connectivity index (χ2n) is 4.50. The molecule has 100 valence electrons. The van der Waals surface area contributed by atoms with Crippen molar-refractivity contribution in [3.8, 4) is 0 Å². The molecule has 0 aliphatic rings. The molecular weight excluding hydrogens is 262 g/mol. The number of hydrogen-bond donors (Lipinski definition) is 1. The average molecular weight is 278 g/mol. The first-order valence-corrected chi connectivity index (χ1v) is 6.39. The van der Waals surface area contributed by atoms with Crippen molar-refractivity contribution in [3.05, 3.63) is 46.2 Å². The third kappa shape index (κ3) is 3.15. The Bertz CT molecular complexity index is 602. The van der Waals surface area contributed by atoms with Crippen LogP contribution in [0.25, 0.3) is 0 Å². The molecular formula is C14H16ClN3O. The van der Waals surface area contributed by atoms with Gasteiger partial charge in [0.1, 0.15) is 0 Å². The van der Waals surface area contributed by atoms with Gasteiger partial charge in [-0.05, 0) is 38.1 Å². The number of aromatic nitrogens is 2. The summed E-state index contributed by atoms with van der Waals surface area (Å²) in [5, 5.41) is 7.80. The van der Waals surface area contributed by atoms with E-state index in [9.17, 15) is 4.79 Å². The molecule has 1 heterocycles. The molecule has 1 aromatic carbocycles. The van der Waals surface area contributed by atoms with E-state index in [2.05, 4.69) is 10.4 Å². The topological polar surface area (TPSA) is 46.9 Å². The van der Waals surface area contributed by atoms with Gasteiger partial charge in [0.05, 0.1) is 12.1 Å². The zero-order chi connectivity index (χ0) is 14.0. The standard InChI is InChI=1S/C14H16ClN3O/c1-9-13(10(2)18(3)17-9)8-14(19)16-12-6-4-11(15)5-7-12/h4-7H,8H2,1-3H3,(H,16,19). The van der Waals surface area contributed by atoms with E-state index in [0.717, 1.165) is 22.6 Å². The Kier molecular flexibility index (Phi) is 3.90. The van der Waals surface area contributed by atoms with Gasteiger partial charge in [0.25, 0.3) is 0 Å². The zero-order valence-corrected chi connectivity index (χ0v) is 12.0. The first-order chi connectivity index (χ1) is 8.97. The molecule has 0 radical (unpaired) electrons. The largest absolute Gasteiger partial charge is 0.326 e. The van der Waals surface area contributed by atoms with Crippen molar-refractivity contribution in [2.75, 3.05) is 5.32 Å². The molecule has 0 spiro atoms. The average Bonchev–Trinajstić information content (AvgIpc) is 2.59. The van der Waals surface area contributed by atoms with Crippen molar-refractivity contribution in [2.24, 2.45) is 7.05 Å². The number of carbonyl (C=O) groups is 1. The number of benzene rings is 1. The minimum atomic E-state index is -0.0541. The van der Waals surface area contributed by atoms with Crippen LogP contribution in [0, 0.1) is 13.8 Å². The molecule has 2 rings (SSSR count). The van der Waals surface area contributed by atoms with Crippen molar-refractivity contribution in [2.45, 2.75) is 20.3 Å². The first kappa shape index (κ1) is 13.6. The Balaban J connectivity index is 2.07. The summed E-state index contributed by atoms with van der Waals surface area (Å²) in [5.41, 5.74) is 3.64. The second-order valence-corrected chi connectivity index (χ2v) is 4.94. The minimum Gasteiger partial charge on any atom is -0.326 e. The minimum absolute atomic E-state index is 0.0541. The van der Waals surface area contributed by atoms with Gasteiger partial charge in [0.2, 0.25) is 5.91 Å². The lowest BCUT2D eigenvalue weighted by atomic mass is 10.1. The predicted molar refractivity (Wildman–Crippen MR) is 76.5 cm³/mol. The SMILES string of the molecule is Cc1nn(C)c(C)c1CC(=O)Nc1ccc(Cl)cc1. The summed E-state index contributed by atoms with van der Waals surface area (Å²) in [6.07, 6.45) is 0.328. The van der Waals surface area contributed by atoms with Gasteiger partial charge >= 0.3 is 0 Å². The monoisotopic (exact) mass is 277 g/mol. The van der Waals surface area contributed by atoms with Crippen LogP contribution < -0.4 is 5.32 Å². The molecule has 0 unspecified atom stereocenters. The molecule has 1 amide bonds. The van der Waals surface area contributed by atoms with Crippen molar-refractivity contribution >= 4 is 23.2 Å². The molecule has 1 aromatic heterocycles. The molecule has 0 aliphatic heterocycles. The normalized spacial score (nSPS) is 10.5. The first-order valence-electron chi connectivity index (χ1n) is 6.02. The van der Waals surface area contributed by atoms with Crippen LogP contribution in [0.15, 0.2) is 24.3 Å². The fourth-order valence-corrected chi connectivity index (χ4v) is 2.10. The molecule has 0 atom stereocenters. The van der Waals surface area contributed by atoms with Crippen LogP contribution in [0.3, 0.4) is 0 Å². The summed E-state index contributed by atoms with van der Waals surface area (Å²) in [7, 11) is 1.88. The van der Waals surface area contributed by atoms with Gasteiger partial charge in [-0.25, -0.2) is 0 Å². The van der Waals surface area contributed by atoms with Crippen LogP contribution in [-0.4, -0.2) is 15.7 Å². The van der Waals surface area contributed by atoms with Gasteiger partial charge < -0.3 is 5.32 Å². The number of halogens is 1. The molecule has 5 heteroatoms. The van der Waals surface area contributed by atoms with Gasteiger partial charge in [-0.2, -0.15) is 5.10 Å². The predicted octanol–water partition coefficient (Wildman–Crippen LogP) is 2.87. The molecule has 4 nitrogen and oxygen atoms in total. The van der Waals surface area contributed by atoms with Crippen LogP contribution in [0.5, 0.6) is 0 Å². The van der Waals surface area contributed by atoms with Crippen LogP contribution in [0.4, 0.5) is 5.69 Å². The van der Waals surface area contributed by atoms with E-state index in [1.807, 2.05) is 20.9 Å². The molecule has 0 aliphatic carbocycles. The van der Waals surface area contributed by atoms with Crippen LogP contribution in [0.2, 0.25) is 5.02 Å². The number of anilines is 1. The van der Waals surface area contributed by atoms with Crippen LogP contribution in [0.1, 0.15) is 17.0 Å². The number of aryl methyl sites for hydroxylation is 2. The van der Waals surface area contributed by atoms with E-state index in [-0.39, 0.29) is 5.91 Å². The van der Waals surface area contributed by atoms with E-state index in [0.29, 0.717) is 11.4 Å². The second kappa shape index (κ2) is 5.45. The van der Waals surface area contributed by atoms with Gasteiger partial charge in [-0.3, -0.25) is 9.48 Å². The highest BCUT2D eigenvalue weighted by Crippen LogP contribution is 2.16. The number of nitrogens with zero attached hydrogens (tertiary/aromatic N) is 2. The van der Waals surface area contributed by atoms with E-state index in [4.69, 9.17) is 11.6 Å². The summed E-state index contributed by atoms with van der Waals surface area (Å²) in [4.78, 5) is 12.0. The maximum atomic E-state index is 12.0. The summed E-state index contributed by atoms with van der Waals surface area (Å²) in [5.74, 6) is -0.0541. The lowest BCUT2D eigenvalue weighted by Gasteiger charge is -2.05. The Morgan fingerprint density at radius 3 is 2.47 bits per heavy atom. The molecule has 19 heavy (non-hydrogen) atoms. The molecule has 0 fully saturated rings. The zero-order valence-electron chi connectivity index (χ0n) is 11.2. The summed E-state index contributed by atoms with van der Waals surface area (Å²) < 4.78 is 1.79. The lowest BCUT2D eigenvalue weighted by molar-refractivity contribution is -0.115. The third-order valence-corrected chi connectivity index (χ3v) is 3.38. The summed E-state index contributed by atoms with van der Waals surface area (Å²) >= 11 is 5.80. The Hall–Kier alpha value is -1.81. The number of rotatable bonds is 3. The Morgan fingerprint density at radius 1 is 1.32 bits per heavy atom. The van der Waals surface area contributed by atoms with E-state index < -0.39 is 0 Å². The van der Waals surface area contributed by atoms with E-state index in [1.165, 1.54) is 0 Å². The molecule has 0 saturated carbocycles. The maximum absolute atomic E-state index is 12.0. The lowest BCUT2D eigenvalue weighted by Crippen LogP contribution is -2.15. The molecule has 0 bridgehead atoms. The van der Waals surface area contributed by atoms with Crippen molar-refractivity contribution in [3.63, 3.8) is 0 Å². The number of hydrogen-bond acceptors (Lipinski definition) is 2. The number of amides is 1. The Labute approximate surface area is 117 Å².